The van der Waals surface area contributed by atoms with E-state index in [9.17, 15) is 0 Å². The van der Waals surface area contributed by atoms with Gasteiger partial charge in [-0.15, -0.1) is 0 Å². The summed E-state index contributed by atoms with van der Waals surface area (Å²) < 4.78 is 0. The van der Waals surface area contributed by atoms with Gasteiger partial charge in [-0.25, -0.2) is 0 Å². The summed E-state index contributed by atoms with van der Waals surface area (Å²) in [5.74, 6) is 0. The molecule has 0 atom stereocenters. The molecule has 20 heavy (non-hydrogen) atoms. The minimum absolute atomic E-state index is 1.11. The number of hydrogen-bond donors (Lipinski definition) is 0. The van der Waals surface area contributed by atoms with Crippen LogP contribution in [-0.4, -0.2) is 6.54 Å². The van der Waals surface area contributed by atoms with Crippen molar-refractivity contribution in [2.45, 2.75) is 26.2 Å². The molecule has 2 aromatic rings. The second kappa shape index (κ2) is 5.96. The summed E-state index contributed by atoms with van der Waals surface area (Å²) in [6, 6.07) is 19.4. The third-order valence-corrected chi connectivity index (χ3v) is 3.97. The van der Waals surface area contributed by atoms with E-state index in [1.54, 1.807) is 0 Å². The van der Waals surface area contributed by atoms with Crippen molar-refractivity contribution in [2.24, 2.45) is 0 Å². The maximum Gasteiger partial charge on any atom is 0.0438 e. The number of fused-ring (bicyclic) bond motifs is 1. The monoisotopic (exact) mass is 263 g/mol. The number of nitrogens with zero attached hydrogens (tertiary/aromatic N) is 1. The quantitative estimate of drug-likeness (QED) is 0.745. The van der Waals surface area contributed by atoms with E-state index in [-0.39, 0.29) is 0 Å². The molecule has 0 saturated heterocycles. The summed E-state index contributed by atoms with van der Waals surface area (Å²) >= 11 is 0. The Morgan fingerprint density at radius 1 is 0.950 bits per heavy atom. The van der Waals surface area contributed by atoms with Crippen LogP contribution in [-0.2, 0) is 6.42 Å². The lowest BCUT2D eigenvalue weighted by Gasteiger charge is -2.22. The Hall–Kier alpha value is -2.02. The molecule has 1 nitrogen and oxygen atoms in total. The zero-order valence-electron chi connectivity index (χ0n) is 12.0. The van der Waals surface area contributed by atoms with Crippen molar-refractivity contribution in [3.05, 3.63) is 71.9 Å². The Morgan fingerprint density at radius 3 is 2.55 bits per heavy atom. The molecule has 102 valence electrons. The normalized spacial score (nSPS) is 15.7. The van der Waals surface area contributed by atoms with Crippen LogP contribution < -0.4 is 4.90 Å². The van der Waals surface area contributed by atoms with Crippen molar-refractivity contribution in [1.29, 1.82) is 0 Å². The molecule has 1 aliphatic heterocycles. The van der Waals surface area contributed by atoms with Gasteiger partial charge >= 0.3 is 0 Å². The average molecular weight is 263 g/mol. The van der Waals surface area contributed by atoms with E-state index in [0.717, 1.165) is 6.54 Å². The highest BCUT2D eigenvalue weighted by molar-refractivity contribution is 5.68. The predicted octanol–water partition coefficient (Wildman–Crippen LogP) is 4.89. The number of para-hydroxylation sites is 1. The largest absolute Gasteiger partial charge is 0.347 e. The smallest absolute Gasteiger partial charge is 0.0438 e. The first-order chi connectivity index (χ1) is 9.84. The standard InChI is InChI=1S/C19H21N/c1-16(17-9-3-2-4-10-17)15-20-14-8-7-12-18-11-5-6-13-19(18)20/h2-6,9-11,13,15H,7-8,12,14H2,1H3/b16-15+. The third kappa shape index (κ3) is 2.77. The molecule has 0 fully saturated rings. The van der Waals surface area contributed by atoms with Gasteiger partial charge < -0.3 is 4.90 Å². The van der Waals surface area contributed by atoms with E-state index in [1.807, 2.05) is 0 Å². The van der Waals surface area contributed by atoms with Gasteiger partial charge in [0.25, 0.3) is 0 Å². The van der Waals surface area contributed by atoms with Gasteiger partial charge in [0.1, 0.15) is 0 Å². The van der Waals surface area contributed by atoms with E-state index < -0.39 is 0 Å². The molecule has 1 heteroatoms. The number of aryl methyl sites for hydroxylation is 1. The maximum absolute atomic E-state index is 2.42. The Kier molecular flexibility index (Phi) is 3.87. The van der Waals surface area contributed by atoms with Crippen molar-refractivity contribution >= 4 is 11.3 Å². The first kappa shape index (κ1) is 13.0. The molecular formula is C19H21N. The second-order valence-corrected chi connectivity index (χ2v) is 5.46. The highest BCUT2D eigenvalue weighted by Crippen LogP contribution is 2.27. The van der Waals surface area contributed by atoms with Crippen LogP contribution in [0.2, 0.25) is 0 Å². The highest BCUT2D eigenvalue weighted by Gasteiger charge is 2.13. The van der Waals surface area contributed by atoms with Crippen LogP contribution in [0.4, 0.5) is 5.69 Å². The lowest BCUT2D eigenvalue weighted by atomic mass is 10.1. The van der Waals surface area contributed by atoms with E-state index in [4.69, 9.17) is 0 Å². The van der Waals surface area contributed by atoms with Crippen LogP contribution in [0.5, 0.6) is 0 Å². The molecule has 0 spiro atoms. The Bertz CT molecular complexity index is 598. The van der Waals surface area contributed by atoms with Gasteiger partial charge in [0, 0.05) is 18.4 Å². The maximum atomic E-state index is 2.42. The molecule has 0 radical (unpaired) electrons. The Labute approximate surface area is 121 Å². The second-order valence-electron chi connectivity index (χ2n) is 5.46. The summed E-state index contributed by atoms with van der Waals surface area (Å²) in [6.45, 7) is 3.31. The number of benzene rings is 2. The van der Waals surface area contributed by atoms with Crippen molar-refractivity contribution < 1.29 is 0 Å². The van der Waals surface area contributed by atoms with E-state index >= 15 is 0 Å². The lowest BCUT2D eigenvalue weighted by Crippen LogP contribution is -2.17. The molecular weight excluding hydrogens is 242 g/mol. The first-order valence-electron chi connectivity index (χ1n) is 7.43. The van der Waals surface area contributed by atoms with Crippen molar-refractivity contribution in [3.8, 4) is 0 Å². The molecule has 3 rings (SSSR count). The van der Waals surface area contributed by atoms with Crippen molar-refractivity contribution in [2.75, 3.05) is 11.4 Å². The summed E-state index contributed by atoms with van der Waals surface area (Å²) in [4.78, 5) is 2.42. The van der Waals surface area contributed by atoms with Gasteiger partial charge in [0.15, 0.2) is 0 Å². The molecule has 1 heterocycles. The molecule has 1 aliphatic rings. The highest BCUT2D eigenvalue weighted by atomic mass is 15.1. The molecule has 0 aromatic heterocycles. The van der Waals surface area contributed by atoms with E-state index in [2.05, 4.69) is 72.6 Å². The summed E-state index contributed by atoms with van der Waals surface area (Å²) in [5.41, 5.74) is 5.47. The number of rotatable bonds is 2. The van der Waals surface area contributed by atoms with Gasteiger partial charge in [-0.3, -0.25) is 0 Å². The van der Waals surface area contributed by atoms with E-state index in [1.165, 1.54) is 41.6 Å². The third-order valence-electron chi connectivity index (χ3n) is 3.97. The van der Waals surface area contributed by atoms with Crippen molar-refractivity contribution in [1.82, 2.24) is 0 Å². The fraction of sp³-hybridized carbons (Fsp3) is 0.263. The van der Waals surface area contributed by atoms with Crippen molar-refractivity contribution in [3.63, 3.8) is 0 Å². The van der Waals surface area contributed by atoms with Gasteiger partial charge in [0.2, 0.25) is 0 Å². The molecule has 0 unspecified atom stereocenters. The zero-order chi connectivity index (χ0) is 13.8. The molecule has 0 saturated carbocycles. The molecule has 0 amide bonds. The number of allylic oxidation sites excluding steroid dienone is 1. The fourth-order valence-corrected chi connectivity index (χ4v) is 2.86. The number of hydrogen-bond acceptors (Lipinski definition) is 1. The van der Waals surface area contributed by atoms with Gasteiger partial charge in [-0.05, 0) is 49.0 Å². The lowest BCUT2D eigenvalue weighted by molar-refractivity contribution is 0.759. The number of anilines is 1. The summed E-state index contributed by atoms with van der Waals surface area (Å²) in [5, 5.41) is 0. The zero-order valence-corrected chi connectivity index (χ0v) is 12.0. The van der Waals surface area contributed by atoms with Crippen LogP contribution in [0, 0.1) is 0 Å². The first-order valence-corrected chi connectivity index (χ1v) is 7.43. The van der Waals surface area contributed by atoms with Crippen LogP contribution >= 0.6 is 0 Å². The average Bonchev–Trinajstić information content (AvgIpc) is 2.71. The van der Waals surface area contributed by atoms with Crippen LogP contribution in [0.1, 0.15) is 30.9 Å². The summed E-state index contributed by atoms with van der Waals surface area (Å²) in [7, 11) is 0. The van der Waals surface area contributed by atoms with Crippen LogP contribution in [0.15, 0.2) is 60.8 Å². The van der Waals surface area contributed by atoms with Crippen LogP contribution in [0.3, 0.4) is 0 Å². The van der Waals surface area contributed by atoms with Gasteiger partial charge in [-0.2, -0.15) is 0 Å². The van der Waals surface area contributed by atoms with Crippen LogP contribution in [0.25, 0.3) is 5.57 Å². The molecule has 2 aromatic carbocycles. The molecule has 0 aliphatic carbocycles. The molecule has 0 bridgehead atoms. The topological polar surface area (TPSA) is 3.24 Å². The SMILES string of the molecule is C/C(=C\N1CCCCc2ccccc21)c1ccccc1. The Morgan fingerprint density at radius 2 is 1.70 bits per heavy atom. The van der Waals surface area contributed by atoms with Gasteiger partial charge in [0.05, 0.1) is 0 Å². The predicted molar refractivity (Wildman–Crippen MR) is 86.8 cm³/mol. The van der Waals surface area contributed by atoms with Gasteiger partial charge in [-0.1, -0.05) is 48.5 Å². The molecule has 0 N–H and O–H groups in total. The fourth-order valence-electron chi connectivity index (χ4n) is 2.86. The minimum atomic E-state index is 1.11. The van der Waals surface area contributed by atoms with E-state index in [0.29, 0.717) is 0 Å². The summed E-state index contributed by atoms with van der Waals surface area (Å²) in [6.07, 6.45) is 6.05. The minimum Gasteiger partial charge on any atom is -0.347 e. The Balaban J connectivity index is 1.94.